The zero-order chi connectivity index (χ0) is 18.9. The van der Waals surface area contributed by atoms with Crippen LogP contribution >= 0.6 is 0 Å². The van der Waals surface area contributed by atoms with Gasteiger partial charge in [-0.3, -0.25) is 4.79 Å². The van der Waals surface area contributed by atoms with Crippen LogP contribution < -0.4 is 5.32 Å². The highest BCUT2D eigenvalue weighted by molar-refractivity contribution is 5.90. The molecule has 0 spiro atoms. The van der Waals surface area contributed by atoms with Crippen LogP contribution in [0.3, 0.4) is 0 Å². The molecule has 0 atom stereocenters. The van der Waals surface area contributed by atoms with E-state index in [-0.39, 0.29) is 11.3 Å². The Kier molecular flexibility index (Phi) is 4.57. The molecule has 0 aliphatic rings. The van der Waals surface area contributed by atoms with Crippen molar-refractivity contribution < 1.29 is 9.32 Å². The van der Waals surface area contributed by atoms with E-state index in [1.54, 1.807) is 0 Å². The first kappa shape index (κ1) is 18.1. The Hall–Kier alpha value is -2.69. The number of rotatable bonds is 4. The van der Waals surface area contributed by atoms with Crippen molar-refractivity contribution in [2.45, 2.75) is 52.0 Å². The molecule has 0 aliphatic carbocycles. The summed E-state index contributed by atoms with van der Waals surface area (Å²) in [5.41, 5.74) is 0.0584. The maximum absolute atomic E-state index is 12.7. The minimum atomic E-state index is -0.714. The summed E-state index contributed by atoms with van der Waals surface area (Å²) in [6.07, 6.45) is 0.300. The maximum Gasteiger partial charge on any atom is 0.232 e. The molecule has 1 amide bonds. The van der Waals surface area contributed by atoms with Gasteiger partial charge in [0.2, 0.25) is 11.8 Å². The Morgan fingerprint density at radius 2 is 1.73 bits per heavy atom. The van der Waals surface area contributed by atoms with Crippen molar-refractivity contribution in [2.75, 3.05) is 0 Å². The Labute approximate surface area is 153 Å². The zero-order valence-electron chi connectivity index (χ0n) is 16.0. The predicted octanol–water partition coefficient (Wildman–Crippen LogP) is 4.11. The summed E-state index contributed by atoms with van der Waals surface area (Å²) in [5.74, 6) is 0.964. The lowest BCUT2D eigenvalue weighted by molar-refractivity contribution is -0.122. The van der Waals surface area contributed by atoms with Crippen molar-refractivity contribution in [2.24, 2.45) is 0 Å². The molecule has 0 saturated carbocycles. The fraction of sp³-hybridized carbons (Fsp3) is 0.381. The van der Waals surface area contributed by atoms with Crippen LogP contribution in [0.4, 0.5) is 0 Å². The number of carbonyl (C=O) groups is 1. The molecule has 26 heavy (non-hydrogen) atoms. The van der Waals surface area contributed by atoms with E-state index >= 15 is 0 Å². The molecule has 136 valence electrons. The number of carbonyl (C=O) groups excluding carboxylic acids is 1. The van der Waals surface area contributed by atoms with Gasteiger partial charge in [-0.15, -0.1) is 0 Å². The Bertz CT molecular complexity index is 930. The Morgan fingerprint density at radius 1 is 1.04 bits per heavy atom. The second kappa shape index (κ2) is 6.56. The van der Waals surface area contributed by atoms with Crippen LogP contribution in [0.25, 0.3) is 10.8 Å². The summed E-state index contributed by atoms with van der Waals surface area (Å²) >= 11 is 0. The van der Waals surface area contributed by atoms with Crippen LogP contribution in [-0.4, -0.2) is 16.0 Å². The minimum Gasteiger partial charge on any atom is -0.344 e. The second-order valence-electron chi connectivity index (χ2n) is 8.16. The summed E-state index contributed by atoms with van der Waals surface area (Å²) in [5, 5.41) is 9.31. The van der Waals surface area contributed by atoms with Crippen molar-refractivity contribution in [1.29, 1.82) is 0 Å². The lowest BCUT2D eigenvalue weighted by atomic mass is 9.96. The topological polar surface area (TPSA) is 68.0 Å². The van der Waals surface area contributed by atoms with Gasteiger partial charge in [0.15, 0.2) is 5.82 Å². The van der Waals surface area contributed by atoms with Gasteiger partial charge in [-0.25, -0.2) is 0 Å². The number of hydrogen-bond donors (Lipinski definition) is 1. The molecule has 3 aromatic rings. The van der Waals surface area contributed by atoms with Crippen LogP contribution in [0.5, 0.6) is 0 Å². The maximum atomic E-state index is 12.7. The third-order valence-corrected chi connectivity index (χ3v) is 4.31. The summed E-state index contributed by atoms with van der Waals surface area (Å²) < 4.78 is 5.36. The standard InChI is InChI=1S/C21H25N3O2/c1-20(2,3)19-22-18(24-26-19)21(4,5)23-17(25)13-15-11-8-10-14-9-6-7-12-16(14)15/h6-12H,13H2,1-5H3,(H,23,25). The van der Waals surface area contributed by atoms with Crippen molar-refractivity contribution in [1.82, 2.24) is 15.5 Å². The summed E-state index contributed by atoms with van der Waals surface area (Å²) in [6.45, 7) is 9.79. The van der Waals surface area contributed by atoms with Crippen LogP contribution in [0, 0.1) is 0 Å². The third kappa shape index (κ3) is 3.77. The van der Waals surface area contributed by atoms with Crippen molar-refractivity contribution in [3.8, 4) is 0 Å². The van der Waals surface area contributed by atoms with Crippen LogP contribution in [0.2, 0.25) is 0 Å². The number of nitrogens with zero attached hydrogens (tertiary/aromatic N) is 2. The van der Waals surface area contributed by atoms with E-state index in [9.17, 15) is 4.79 Å². The summed E-state index contributed by atoms with van der Waals surface area (Å²) in [6, 6.07) is 14.1. The van der Waals surface area contributed by atoms with Gasteiger partial charge in [0, 0.05) is 5.41 Å². The van der Waals surface area contributed by atoms with Crippen molar-refractivity contribution in [3.05, 3.63) is 59.7 Å². The zero-order valence-corrected chi connectivity index (χ0v) is 16.0. The van der Waals surface area contributed by atoms with Gasteiger partial charge in [-0.05, 0) is 30.2 Å². The predicted molar refractivity (Wildman–Crippen MR) is 102 cm³/mol. The molecule has 5 nitrogen and oxygen atoms in total. The highest BCUT2D eigenvalue weighted by atomic mass is 16.5. The molecule has 1 aromatic heterocycles. The van der Waals surface area contributed by atoms with E-state index < -0.39 is 5.54 Å². The number of nitrogens with one attached hydrogen (secondary N) is 1. The van der Waals surface area contributed by atoms with E-state index in [1.807, 2.05) is 77.1 Å². The monoisotopic (exact) mass is 351 g/mol. The van der Waals surface area contributed by atoms with Gasteiger partial charge in [0.1, 0.15) is 0 Å². The van der Waals surface area contributed by atoms with Crippen molar-refractivity contribution >= 4 is 16.7 Å². The molecular formula is C21H25N3O2. The summed E-state index contributed by atoms with van der Waals surface area (Å²) in [7, 11) is 0. The lowest BCUT2D eigenvalue weighted by Gasteiger charge is -2.22. The normalized spacial score (nSPS) is 12.3. The average Bonchev–Trinajstić information content (AvgIpc) is 3.06. The molecule has 3 rings (SSSR count). The van der Waals surface area contributed by atoms with E-state index in [2.05, 4.69) is 15.5 Å². The van der Waals surface area contributed by atoms with Crippen molar-refractivity contribution in [3.63, 3.8) is 0 Å². The smallest absolute Gasteiger partial charge is 0.232 e. The number of fused-ring (bicyclic) bond motifs is 1. The highest BCUT2D eigenvalue weighted by Gasteiger charge is 2.31. The average molecular weight is 351 g/mol. The van der Waals surface area contributed by atoms with Crippen LogP contribution in [0.1, 0.15) is 51.9 Å². The molecule has 0 bridgehead atoms. The van der Waals surface area contributed by atoms with Gasteiger partial charge < -0.3 is 9.84 Å². The largest absolute Gasteiger partial charge is 0.344 e. The molecule has 1 heterocycles. The highest BCUT2D eigenvalue weighted by Crippen LogP contribution is 2.24. The number of benzene rings is 2. The number of aromatic nitrogens is 2. The molecule has 0 radical (unpaired) electrons. The second-order valence-corrected chi connectivity index (χ2v) is 8.16. The van der Waals surface area contributed by atoms with Gasteiger partial charge >= 0.3 is 0 Å². The molecular weight excluding hydrogens is 326 g/mol. The van der Waals surface area contributed by atoms with E-state index in [4.69, 9.17) is 4.52 Å². The molecule has 0 aliphatic heterocycles. The van der Waals surface area contributed by atoms with Gasteiger partial charge in [-0.2, -0.15) is 4.98 Å². The molecule has 2 aromatic carbocycles. The quantitative estimate of drug-likeness (QED) is 0.768. The fourth-order valence-corrected chi connectivity index (χ4v) is 2.85. The SMILES string of the molecule is CC(C)(C)c1nc(C(C)(C)NC(=O)Cc2cccc3ccccc23)no1. The third-order valence-electron chi connectivity index (χ3n) is 4.31. The molecule has 0 fully saturated rings. The van der Waals surface area contributed by atoms with Crippen LogP contribution in [-0.2, 0) is 22.2 Å². The molecule has 1 N–H and O–H groups in total. The van der Waals surface area contributed by atoms with Gasteiger partial charge in [0.25, 0.3) is 0 Å². The first-order valence-electron chi connectivity index (χ1n) is 8.79. The first-order chi connectivity index (χ1) is 12.2. The van der Waals surface area contributed by atoms with Gasteiger partial charge in [-0.1, -0.05) is 68.4 Å². The van der Waals surface area contributed by atoms with E-state index in [0.29, 0.717) is 18.1 Å². The number of amides is 1. The van der Waals surface area contributed by atoms with E-state index in [1.165, 1.54) is 0 Å². The lowest BCUT2D eigenvalue weighted by Crippen LogP contribution is -2.42. The molecule has 0 saturated heterocycles. The fourth-order valence-electron chi connectivity index (χ4n) is 2.85. The van der Waals surface area contributed by atoms with Gasteiger partial charge in [0.05, 0.1) is 12.0 Å². The van der Waals surface area contributed by atoms with Crippen LogP contribution in [0.15, 0.2) is 47.0 Å². The molecule has 5 heteroatoms. The number of hydrogen-bond acceptors (Lipinski definition) is 4. The Morgan fingerprint density at radius 3 is 2.42 bits per heavy atom. The minimum absolute atomic E-state index is 0.0755. The summed E-state index contributed by atoms with van der Waals surface area (Å²) in [4.78, 5) is 17.1. The first-order valence-corrected chi connectivity index (χ1v) is 8.79. The molecule has 0 unspecified atom stereocenters. The Balaban J connectivity index is 1.77. The van der Waals surface area contributed by atoms with E-state index in [0.717, 1.165) is 16.3 Å².